The second-order valence-corrected chi connectivity index (χ2v) is 4.61. The SMILES string of the molecule is CC1C(N)CCN1C(=O)c1ccc([N+](=O)[O-])cc1F. The van der Waals surface area contributed by atoms with Crippen molar-refractivity contribution in [3.63, 3.8) is 0 Å². The molecule has 1 saturated heterocycles. The number of carbonyl (C=O) groups is 1. The maximum Gasteiger partial charge on any atom is 0.272 e. The second-order valence-electron chi connectivity index (χ2n) is 4.61. The molecule has 1 aromatic carbocycles. The summed E-state index contributed by atoms with van der Waals surface area (Å²) < 4.78 is 13.8. The first kappa shape index (κ1) is 13.4. The lowest BCUT2D eigenvalue weighted by Crippen LogP contribution is -2.40. The maximum atomic E-state index is 13.8. The van der Waals surface area contributed by atoms with E-state index in [0.29, 0.717) is 13.0 Å². The highest BCUT2D eigenvalue weighted by Crippen LogP contribution is 2.22. The van der Waals surface area contributed by atoms with Crippen LogP contribution in [-0.4, -0.2) is 34.4 Å². The van der Waals surface area contributed by atoms with Crippen LogP contribution in [0.1, 0.15) is 23.7 Å². The van der Waals surface area contributed by atoms with E-state index in [0.717, 1.165) is 18.2 Å². The van der Waals surface area contributed by atoms with Crippen molar-refractivity contribution in [2.75, 3.05) is 6.54 Å². The number of carbonyl (C=O) groups excluding carboxylic acids is 1. The number of nitrogens with two attached hydrogens (primary N) is 1. The predicted octanol–water partition coefficient (Wildman–Crippen LogP) is 1.30. The van der Waals surface area contributed by atoms with Gasteiger partial charge in [-0.1, -0.05) is 0 Å². The Hall–Kier alpha value is -2.02. The van der Waals surface area contributed by atoms with Crippen LogP contribution in [0.3, 0.4) is 0 Å². The van der Waals surface area contributed by atoms with E-state index in [1.54, 1.807) is 6.92 Å². The molecule has 2 atom stereocenters. The molecule has 2 N–H and O–H groups in total. The molecule has 1 aromatic rings. The van der Waals surface area contributed by atoms with Crippen LogP contribution in [-0.2, 0) is 0 Å². The zero-order valence-electron chi connectivity index (χ0n) is 10.4. The molecule has 1 heterocycles. The molecular formula is C12H14FN3O3. The van der Waals surface area contributed by atoms with Crippen LogP contribution in [0, 0.1) is 15.9 Å². The van der Waals surface area contributed by atoms with Crippen LogP contribution in [0.5, 0.6) is 0 Å². The molecule has 0 aliphatic carbocycles. The van der Waals surface area contributed by atoms with Crippen molar-refractivity contribution in [3.05, 3.63) is 39.7 Å². The molecule has 102 valence electrons. The molecule has 1 amide bonds. The Kier molecular flexibility index (Phi) is 3.48. The minimum absolute atomic E-state index is 0.120. The Morgan fingerprint density at radius 1 is 1.58 bits per heavy atom. The van der Waals surface area contributed by atoms with Crippen molar-refractivity contribution in [2.24, 2.45) is 5.73 Å². The highest BCUT2D eigenvalue weighted by Gasteiger charge is 2.33. The molecule has 1 aliphatic rings. The molecule has 7 heteroatoms. The summed E-state index contributed by atoms with van der Waals surface area (Å²) in [7, 11) is 0. The Balaban J connectivity index is 2.27. The number of amides is 1. The number of nitro benzene ring substituents is 1. The maximum absolute atomic E-state index is 13.8. The lowest BCUT2D eigenvalue weighted by atomic mass is 10.1. The van der Waals surface area contributed by atoms with Gasteiger partial charge < -0.3 is 10.6 Å². The minimum atomic E-state index is -0.883. The van der Waals surface area contributed by atoms with Crippen LogP contribution >= 0.6 is 0 Å². The van der Waals surface area contributed by atoms with Gasteiger partial charge in [-0.05, 0) is 19.4 Å². The van der Waals surface area contributed by atoms with Crippen LogP contribution in [0.15, 0.2) is 18.2 Å². The molecular weight excluding hydrogens is 253 g/mol. The van der Waals surface area contributed by atoms with Crippen molar-refractivity contribution in [1.82, 2.24) is 4.90 Å². The lowest BCUT2D eigenvalue weighted by molar-refractivity contribution is -0.385. The van der Waals surface area contributed by atoms with Gasteiger partial charge in [0.05, 0.1) is 16.6 Å². The average molecular weight is 267 g/mol. The summed E-state index contributed by atoms with van der Waals surface area (Å²) in [4.78, 5) is 23.5. The monoisotopic (exact) mass is 267 g/mol. The third-order valence-electron chi connectivity index (χ3n) is 3.47. The summed E-state index contributed by atoms with van der Waals surface area (Å²) in [5.41, 5.74) is 5.27. The van der Waals surface area contributed by atoms with Crippen molar-refractivity contribution in [3.8, 4) is 0 Å². The Morgan fingerprint density at radius 2 is 2.26 bits per heavy atom. The number of benzene rings is 1. The van der Waals surface area contributed by atoms with E-state index < -0.39 is 16.6 Å². The predicted molar refractivity (Wildman–Crippen MR) is 66.1 cm³/mol. The molecule has 6 nitrogen and oxygen atoms in total. The number of hydrogen-bond donors (Lipinski definition) is 1. The van der Waals surface area contributed by atoms with Gasteiger partial charge in [0.15, 0.2) is 0 Å². The van der Waals surface area contributed by atoms with Crippen LogP contribution in [0.4, 0.5) is 10.1 Å². The van der Waals surface area contributed by atoms with Crippen LogP contribution < -0.4 is 5.73 Å². The quantitative estimate of drug-likeness (QED) is 0.646. The number of non-ortho nitro benzene ring substituents is 1. The molecule has 0 aromatic heterocycles. The second kappa shape index (κ2) is 4.93. The number of rotatable bonds is 2. The molecule has 2 unspecified atom stereocenters. The van der Waals surface area contributed by atoms with Gasteiger partial charge in [0.25, 0.3) is 11.6 Å². The summed E-state index contributed by atoms with van der Waals surface area (Å²) >= 11 is 0. The fraction of sp³-hybridized carbons (Fsp3) is 0.417. The van der Waals surface area contributed by atoms with Gasteiger partial charge >= 0.3 is 0 Å². The first-order valence-electron chi connectivity index (χ1n) is 5.92. The zero-order chi connectivity index (χ0) is 14.2. The van der Waals surface area contributed by atoms with Gasteiger partial charge in [0.2, 0.25) is 0 Å². The number of likely N-dealkylation sites (tertiary alicyclic amines) is 1. The summed E-state index contributed by atoms with van der Waals surface area (Å²) in [6.45, 7) is 2.27. The fourth-order valence-corrected chi connectivity index (χ4v) is 2.20. The Bertz CT molecular complexity index is 535. The van der Waals surface area contributed by atoms with E-state index in [4.69, 9.17) is 5.73 Å². The fourth-order valence-electron chi connectivity index (χ4n) is 2.20. The third-order valence-corrected chi connectivity index (χ3v) is 3.47. The molecule has 1 fully saturated rings. The standard InChI is InChI=1S/C12H14FN3O3/c1-7-11(14)4-5-15(7)12(17)9-3-2-8(16(18)19)6-10(9)13/h2-3,6-7,11H,4-5,14H2,1H3. The van der Waals surface area contributed by atoms with Gasteiger partial charge in [-0.25, -0.2) is 4.39 Å². The van der Waals surface area contributed by atoms with Gasteiger partial charge in [-0.2, -0.15) is 0 Å². The van der Waals surface area contributed by atoms with Gasteiger partial charge in [-0.15, -0.1) is 0 Å². The summed E-state index contributed by atoms with van der Waals surface area (Å²) in [6.07, 6.45) is 0.668. The highest BCUT2D eigenvalue weighted by molar-refractivity contribution is 5.95. The molecule has 2 rings (SSSR count). The molecule has 0 spiro atoms. The summed E-state index contributed by atoms with van der Waals surface area (Å²) in [5.74, 6) is -1.36. The van der Waals surface area contributed by atoms with Gasteiger partial charge in [-0.3, -0.25) is 14.9 Å². The minimum Gasteiger partial charge on any atom is -0.334 e. The number of halogens is 1. The zero-order valence-corrected chi connectivity index (χ0v) is 10.4. The summed E-state index contributed by atoms with van der Waals surface area (Å²) in [5, 5.41) is 10.5. The smallest absolute Gasteiger partial charge is 0.272 e. The van der Waals surface area contributed by atoms with E-state index in [2.05, 4.69) is 0 Å². The third kappa shape index (κ3) is 2.41. The van der Waals surface area contributed by atoms with Crippen molar-refractivity contribution in [2.45, 2.75) is 25.4 Å². The van der Waals surface area contributed by atoms with E-state index >= 15 is 0 Å². The van der Waals surface area contributed by atoms with Gasteiger partial charge in [0.1, 0.15) is 5.82 Å². The van der Waals surface area contributed by atoms with E-state index in [-0.39, 0.29) is 23.3 Å². The number of hydrogen-bond acceptors (Lipinski definition) is 4. The largest absolute Gasteiger partial charge is 0.334 e. The first-order valence-corrected chi connectivity index (χ1v) is 5.92. The molecule has 0 radical (unpaired) electrons. The lowest BCUT2D eigenvalue weighted by Gasteiger charge is -2.23. The van der Waals surface area contributed by atoms with Crippen molar-refractivity contribution in [1.29, 1.82) is 0 Å². The van der Waals surface area contributed by atoms with E-state index in [9.17, 15) is 19.3 Å². The van der Waals surface area contributed by atoms with Crippen molar-refractivity contribution >= 4 is 11.6 Å². The molecule has 0 saturated carbocycles. The highest BCUT2D eigenvalue weighted by atomic mass is 19.1. The average Bonchev–Trinajstić information content (AvgIpc) is 2.69. The number of nitro groups is 1. The Morgan fingerprint density at radius 3 is 2.74 bits per heavy atom. The Labute approximate surface area is 109 Å². The van der Waals surface area contributed by atoms with Crippen molar-refractivity contribution < 1.29 is 14.1 Å². The van der Waals surface area contributed by atoms with E-state index in [1.807, 2.05) is 0 Å². The molecule has 19 heavy (non-hydrogen) atoms. The van der Waals surface area contributed by atoms with E-state index in [1.165, 1.54) is 4.90 Å². The van der Waals surface area contributed by atoms with Gasteiger partial charge in [0, 0.05) is 24.7 Å². The normalized spacial score (nSPS) is 22.6. The molecule has 1 aliphatic heterocycles. The summed E-state index contributed by atoms with van der Waals surface area (Å²) in [6, 6.07) is 2.74. The first-order chi connectivity index (χ1) is 8.91. The topological polar surface area (TPSA) is 89.5 Å². The number of nitrogens with zero attached hydrogens (tertiary/aromatic N) is 2. The van der Waals surface area contributed by atoms with Crippen LogP contribution in [0.25, 0.3) is 0 Å². The molecule has 0 bridgehead atoms. The van der Waals surface area contributed by atoms with Crippen LogP contribution in [0.2, 0.25) is 0 Å².